The first kappa shape index (κ1) is 28.1. The Morgan fingerprint density at radius 3 is 2.12 bits per heavy atom. The molecule has 32 heavy (non-hydrogen) atoms. The van der Waals surface area contributed by atoms with E-state index in [0.717, 1.165) is 19.4 Å². The fraction of sp³-hybridized carbons (Fsp3) is 0.800. The van der Waals surface area contributed by atoms with E-state index in [-0.39, 0.29) is 41.4 Å². The molecule has 184 valence electrons. The van der Waals surface area contributed by atoms with Gasteiger partial charge in [-0.25, -0.2) is 4.79 Å². The van der Waals surface area contributed by atoms with E-state index in [4.69, 9.17) is 0 Å². The molecule has 7 nitrogen and oxygen atoms in total. The van der Waals surface area contributed by atoms with Crippen molar-refractivity contribution in [3.05, 3.63) is 11.6 Å². The number of hydrogen-bond acceptors (Lipinski definition) is 4. The minimum Gasteiger partial charge on any atom is -0.478 e. The van der Waals surface area contributed by atoms with Gasteiger partial charge in [0.1, 0.15) is 6.04 Å². The summed E-state index contributed by atoms with van der Waals surface area (Å²) in [7, 11) is 1.69. The summed E-state index contributed by atoms with van der Waals surface area (Å²) in [6, 6.07) is -1.10. The topological polar surface area (TPSA) is 90.0 Å². The van der Waals surface area contributed by atoms with Crippen molar-refractivity contribution in [3.63, 3.8) is 0 Å². The van der Waals surface area contributed by atoms with Gasteiger partial charge in [0, 0.05) is 25.2 Å². The molecule has 1 aliphatic heterocycles. The number of nitrogens with zero attached hydrogens (tertiary/aromatic N) is 2. The number of rotatable bonds is 8. The zero-order valence-corrected chi connectivity index (χ0v) is 21.7. The molecule has 0 bridgehead atoms. The smallest absolute Gasteiger partial charge is 0.331 e. The Morgan fingerprint density at radius 2 is 1.69 bits per heavy atom. The van der Waals surface area contributed by atoms with E-state index in [9.17, 15) is 19.5 Å². The lowest BCUT2D eigenvalue weighted by Gasteiger charge is -2.42. The second kappa shape index (κ2) is 11.3. The standard InChI is InChI=1S/C25H45N3O4/c1-15(2)20(13-18(6)24(31)32)27(10)23(30)21(25(7,8)9)26-22(29)19-12-11-17(5)14-28(19)16(3)4/h13,15-17,19-21H,11-12,14H2,1-10H3,(H,26,29)(H,31,32)/b18-13+/t17?,19?,20-,21?/m1/s1. The molecule has 1 aliphatic rings. The normalized spacial score (nSPS) is 22.6. The van der Waals surface area contributed by atoms with Crippen LogP contribution in [-0.2, 0) is 14.4 Å². The van der Waals surface area contributed by atoms with Crippen LogP contribution in [0.25, 0.3) is 0 Å². The SMILES string of the molecule is C/C(=C\[C@H](C(C)C)N(C)C(=O)C(NC(=O)C1CCC(C)CN1C(C)C)C(C)(C)C)C(=O)O. The molecule has 1 saturated heterocycles. The van der Waals surface area contributed by atoms with Crippen LogP contribution in [0, 0.1) is 17.3 Å². The van der Waals surface area contributed by atoms with Gasteiger partial charge < -0.3 is 15.3 Å². The lowest BCUT2D eigenvalue weighted by atomic mass is 9.84. The van der Waals surface area contributed by atoms with Gasteiger partial charge in [-0.05, 0) is 50.9 Å². The summed E-state index contributed by atoms with van der Waals surface area (Å²) < 4.78 is 0. The highest BCUT2D eigenvalue weighted by Crippen LogP contribution is 2.27. The molecule has 1 rings (SSSR count). The second-order valence-electron chi connectivity index (χ2n) is 11.1. The third-order valence-electron chi connectivity index (χ3n) is 6.46. The summed E-state index contributed by atoms with van der Waals surface area (Å²) in [6.45, 7) is 18.5. The van der Waals surface area contributed by atoms with Crippen molar-refractivity contribution in [2.45, 2.75) is 99.3 Å². The second-order valence-corrected chi connectivity index (χ2v) is 11.1. The quantitative estimate of drug-likeness (QED) is 0.551. The van der Waals surface area contributed by atoms with E-state index in [1.54, 1.807) is 18.0 Å². The molecule has 4 atom stereocenters. The van der Waals surface area contributed by atoms with E-state index in [0.29, 0.717) is 5.92 Å². The van der Waals surface area contributed by atoms with Crippen LogP contribution in [0.4, 0.5) is 0 Å². The molecule has 0 aromatic carbocycles. The van der Waals surface area contributed by atoms with Gasteiger partial charge in [-0.3, -0.25) is 14.5 Å². The number of carbonyl (C=O) groups is 3. The average Bonchev–Trinajstić information content (AvgIpc) is 2.67. The first-order chi connectivity index (χ1) is 14.6. The van der Waals surface area contributed by atoms with Crippen LogP contribution < -0.4 is 5.32 Å². The van der Waals surface area contributed by atoms with Crippen molar-refractivity contribution in [2.75, 3.05) is 13.6 Å². The molecule has 0 spiro atoms. The van der Waals surface area contributed by atoms with Gasteiger partial charge in [-0.15, -0.1) is 0 Å². The van der Waals surface area contributed by atoms with Gasteiger partial charge in [-0.2, -0.15) is 0 Å². The van der Waals surface area contributed by atoms with Crippen molar-refractivity contribution in [3.8, 4) is 0 Å². The van der Waals surface area contributed by atoms with E-state index < -0.39 is 17.4 Å². The van der Waals surface area contributed by atoms with Gasteiger partial charge in [0.25, 0.3) is 0 Å². The molecule has 2 amide bonds. The fourth-order valence-electron chi connectivity index (χ4n) is 4.36. The predicted octanol–water partition coefficient (Wildman–Crippen LogP) is 3.54. The maximum atomic E-state index is 13.6. The zero-order valence-electron chi connectivity index (χ0n) is 21.7. The van der Waals surface area contributed by atoms with Crippen LogP contribution in [-0.4, -0.2) is 70.4 Å². The van der Waals surface area contributed by atoms with Crippen molar-refractivity contribution in [2.24, 2.45) is 17.3 Å². The number of carboxylic acids is 1. The van der Waals surface area contributed by atoms with Crippen molar-refractivity contribution < 1.29 is 19.5 Å². The highest BCUT2D eigenvalue weighted by atomic mass is 16.4. The van der Waals surface area contributed by atoms with Crippen molar-refractivity contribution >= 4 is 17.8 Å². The van der Waals surface area contributed by atoms with Crippen LogP contribution in [0.2, 0.25) is 0 Å². The minimum absolute atomic E-state index is 0.0193. The molecule has 1 fully saturated rings. The highest BCUT2D eigenvalue weighted by Gasteiger charge is 2.40. The molecule has 0 aromatic rings. The summed E-state index contributed by atoms with van der Waals surface area (Å²) in [4.78, 5) is 42.1. The Bertz CT molecular complexity index is 708. The number of carboxylic acid groups (broad SMARTS) is 1. The van der Waals surface area contributed by atoms with Crippen molar-refractivity contribution in [1.29, 1.82) is 0 Å². The molecule has 0 radical (unpaired) electrons. The molecule has 1 heterocycles. The Hall–Kier alpha value is -1.89. The van der Waals surface area contributed by atoms with Gasteiger partial charge in [-0.1, -0.05) is 47.6 Å². The largest absolute Gasteiger partial charge is 0.478 e. The lowest BCUT2D eigenvalue weighted by Crippen LogP contribution is -2.61. The Morgan fingerprint density at radius 1 is 1.12 bits per heavy atom. The van der Waals surface area contributed by atoms with Crippen molar-refractivity contribution in [1.82, 2.24) is 15.1 Å². The molecule has 0 aromatic heterocycles. The molecular formula is C25H45N3O4. The molecule has 0 aliphatic carbocycles. The van der Waals surface area contributed by atoms with Crippen LogP contribution in [0.1, 0.15) is 75.2 Å². The van der Waals surface area contributed by atoms with Crippen LogP contribution in [0.5, 0.6) is 0 Å². The Kier molecular flexibility index (Phi) is 9.94. The number of likely N-dealkylation sites (N-methyl/N-ethyl adjacent to an activating group) is 1. The van der Waals surface area contributed by atoms with E-state index in [1.165, 1.54) is 6.92 Å². The number of piperidine rings is 1. The number of aliphatic carboxylic acids is 1. The summed E-state index contributed by atoms with van der Waals surface area (Å²) in [5.74, 6) is -0.753. The molecule has 2 N–H and O–H groups in total. The third-order valence-corrected chi connectivity index (χ3v) is 6.46. The average molecular weight is 452 g/mol. The first-order valence-corrected chi connectivity index (χ1v) is 11.8. The number of carbonyl (C=O) groups excluding carboxylic acids is 2. The van der Waals surface area contributed by atoms with Gasteiger partial charge >= 0.3 is 5.97 Å². The van der Waals surface area contributed by atoms with Gasteiger partial charge in [0.05, 0.1) is 12.1 Å². The summed E-state index contributed by atoms with van der Waals surface area (Å²) in [6.07, 6.45) is 3.39. The van der Waals surface area contributed by atoms with Crippen LogP contribution in [0.3, 0.4) is 0 Å². The maximum absolute atomic E-state index is 13.6. The van der Waals surface area contributed by atoms with E-state index in [2.05, 4.69) is 31.0 Å². The highest BCUT2D eigenvalue weighted by molar-refractivity contribution is 5.91. The number of likely N-dealkylation sites (tertiary alicyclic amines) is 1. The summed E-state index contributed by atoms with van der Waals surface area (Å²) >= 11 is 0. The summed E-state index contributed by atoms with van der Waals surface area (Å²) in [5, 5.41) is 12.4. The molecule has 0 saturated carbocycles. The summed E-state index contributed by atoms with van der Waals surface area (Å²) in [5.41, 5.74) is -0.304. The van der Waals surface area contributed by atoms with E-state index in [1.807, 2.05) is 34.6 Å². The fourth-order valence-corrected chi connectivity index (χ4v) is 4.36. The van der Waals surface area contributed by atoms with Crippen LogP contribution >= 0.6 is 0 Å². The molecule has 3 unspecified atom stereocenters. The predicted molar refractivity (Wildman–Crippen MR) is 128 cm³/mol. The minimum atomic E-state index is -1.00. The Labute approximate surface area is 194 Å². The zero-order chi connectivity index (χ0) is 25.0. The number of amides is 2. The molecule has 7 heteroatoms. The number of nitrogens with one attached hydrogen (secondary N) is 1. The molecular weight excluding hydrogens is 406 g/mol. The monoisotopic (exact) mass is 451 g/mol. The van der Waals surface area contributed by atoms with Gasteiger partial charge in [0.2, 0.25) is 11.8 Å². The number of hydrogen-bond donors (Lipinski definition) is 2. The third kappa shape index (κ3) is 7.32. The van der Waals surface area contributed by atoms with E-state index >= 15 is 0 Å². The maximum Gasteiger partial charge on any atom is 0.331 e. The Balaban J connectivity index is 3.17. The van der Waals surface area contributed by atoms with Crippen LogP contribution in [0.15, 0.2) is 11.6 Å². The first-order valence-electron chi connectivity index (χ1n) is 11.8. The van der Waals surface area contributed by atoms with Gasteiger partial charge in [0.15, 0.2) is 0 Å². The lowest BCUT2D eigenvalue weighted by molar-refractivity contribution is -0.142.